The predicted molar refractivity (Wildman–Crippen MR) is 59.2 cm³/mol. The van der Waals surface area contributed by atoms with E-state index in [9.17, 15) is 0 Å². The molecule has 0 saturated heterocycles. The molecule has 0 fully saturated rings. The molecule has 1 unspecified atom stereocenters. The van der Waals surface area contributed by atoms with Crippen LogP contribution < -0.4 is 0 Å². The molecule has 1 N–H and O–H groups in total. The second-order valence-electron chi connectivity index (χ2n) is 3.17. The fraction of sp³-hybridized carbons (Fsp3) is 0.400. The molecule has 0 aliphatic heterocycles. The number of rotatable bonds is 3. The molecule has 1 atom stereocenters. The van der Waals surface area contributed by atoms with E-state index in [4.69, 9.17) is 16.7 Å². The van der Waals surface area contributed by atoms with Gasteiger partial charge in [0.1, 0.15) is 0 Å². The Bertz CT molecular complexity index is 266. The van der Waals surface area contributed by atoms with Gasteiger partial charge in [-0.05, 0) is 43.5 Å². The molecule has 0 saturated carbocycles. The number of benzene rings is 1. The Balaban J connectivity index is 2.66. The summed E-state index contributed by atoms with van der Waals surface area (Å²) in [7, 11) is 0. The average Bonchev–Trinajstić information content (AvgIpc) is 1.99. The van der Waals surface area contributed by atoms with Gasteiger partial charge in [0.25, 0.3) is 0 Å². The third kappa shape index (κ3) is 4.12. The number of aliphatic hydroxyl groups is 1. The number of hydrogen-bond acceptors (Lipinski definition) is 1. The summed E-state index contributed by atoms with van der Waals surface area (Å²) in [6.07, 6.45) is 1.38. The topological polar surface area (TPSA) is 20.2 Å². The fourth-order valence-corrected chi connectivity index (χ4v) is 2.06. The highest BCUT2D eigenvalue weighted by Gasteiger charge is 2.00. The highest BCUT2D eigenvalue weighted by Crippen LogP contribution is 2.20. The number of aliphatic hydroxyl groups excluding tert-OH is 1. The highest BCUT2D eigenvalue weighted by atomic mass is 79.9. The minimum absolute atomic E-state index is 0.252. The normalized spacial score (nSPS) is 12.9. The standard InChI is InChI=1S/C10H12BrClO/c1-7(13)2-3-8-4-9(11)6-10(12)5-8/h4-7,13H,2-3H2,1H3. The van der Waals surface area contributed by atoms with Crippen LogP contribution in [0.25, 0.3) is 0 Å². The van der Waals surface area contributed by atoms with Crippen LogP contribution in [0.15, 0.2) is 22.7 Å². The van der Waals surface area contributed by atoms with Crippen molar-refractivity contribution in [1.82, 2.24) is 0 Å². The van der Waals surface area contributed by atoms with E-state index in [0.29, 0.717) is 0 Å². The Morgan fingerprint density at radius 2 is 2.15 bits per heavy atom. The van der Waals surface area contributed by atoms with E-state index in [2.05, 4.69) is 15.9 Å². The van der Waals surface area contributed by atoms with Gasteiger partial charge in [-0.25, -0.2) is 0 Å². The molecule has 0 spiro atoms. The maximum absolute atomic E-state index is 9.11. The zero-order valence-corrected chi connectivity index (χ0v) is 9.77. The van der Waals surface area contributed by atoms with Gasteiger partial charge in [-0.3, -0.25) is 0 Å². The van der Waals surface area contributed by atoms with Crippen molar-refractivity contribution in [3.63, 3.8) is 0 Å². The lowest BCUT2D eigenvalue weighted by Gasteiger charge is -2.05. The summed E-state index contributed by atoms with van der Waals surface area (Å²) in [4.78, 5) is 0. The third-order valence-electron chi connectivity index (χ3n) is 1.77. The molecule has 1 aromatic rings. The molecule has 72 valence electrons. The SMILES string of the molecule is CC(O)CCc1cc(Cl)cc(Br)c1. The van der Waals surface area contributed by atoms with Gasteiger partial charge in [0.15, 0.2) is 0 Å². The monoisotopic (exact) mass is 262 g/mol. The summed E-state index contributed by atoms with van der Waals surface area (Å²) in [5, 5.41) is 9.84. The molecule has 0 aliphatic rings. The van der Waals surface area contributed by atoms with Crippen molar-refractivity contribution in [3.8, 4) is 0 Å². The van der Waals surface area contributed by atoms with Gasteiger partial charge in [0.2, 0.25) is 0 Å². The average molecular weight is 264 g/mol. The molecule has 3 heteroatoms. The molecule has 1 aromatic carbocycles. The smallest absolute Gasteiger partial charge is 0.0515 e. The van der Waals surface area contributed by atoms with Crippen molar-refractivity contribution in [2.45, 2.75) is 25.9 Å². The van der Waals surface area contributed by atoms with E-state index in [0.717, 1.165) is 27.9 Å². The molecule has 0 heterocycles. The predicted octanol–water partition coefficient (Wildman–Crippen LogP) is 3.42. The van der Waals surface area contributed by atoms with Crippen molar-refractivity contribution in [2.75, 3.05) is 0 Å². The van der Waals surface area contributed by atoms with Crippen molar-refractivity contribution in [1.29, 1.82) is 0 Å². The van der Waals surface area contributed by atoms with Gasteiger partial charge in [-0.1, -0.05) is 27.5 Å². The Morgan fingerprint density at radius 1 is 1.46 bits per heavy atom. The Hall–Kier alpha value is -0.0500. The largest absolute Gasteiger partial charge is 0.393 e. The van der Waals surface area contributed by atoms with Crippen LogP contribution in [0.1, 0.15) is 18.9 Å². The lowest BCUT2D eigenvalue weighted by atomic mass is 10.1. The molecule has 0 bridgehead atoms. The molecule has 0 radical (unpaired) electrons. The van der Waals surface area contributed by atoms with Crippen LogP contribution in [0.4, 0.5) is 0 Å². The fourth-order valence-electron chi connectivity index (χ4n) is 1.13. The molecule has 1 rings (SSSR count). The first-order valence-corrected chi connectivity index (χ1v) is 5.38. The summed E-state index contributed by atoms with van der Waals surface area (Å²) >= 11 is 9.25. The Labute approximate surface area is 91.9 Å². The molecule has 1 nitrogen and oxygen atoms in total. The lowest BCUT2D eigenvalue weighted by Crippen LogP contribution is -2.01. The van der Waals surface area contributed by atoms with E-state index >= 15 is 0 Å². The van der Waals surface area contributed by atoms with E-state index in [1.54, 1.807) is 6.92 Å². The minimum atomic E-state index is -0.252. The van der Waals surface area contributed by atoms with Crippen LogP contribution in [-0.4, -0.2) is 11.2 Å². The van der Waals surface area contributed by atoms with Gasteiger partial charge in [-0.15, -0.1) is 0 Å². The van der Waals surface area contributed by atoms with E-state index in [1.807, 2.05) is 18.2 Å². The Kier molecular flexibility index (Phi) is 4.23. The van der Waals surface area contributed by atoms with Crippen LogP contribution in [0.3, 0.4) is 0 Å². The van der Waals surface area contributed by atoms with Gasteiger partial charge < -0.3 is 5.11 Å². The highest BCUT2D eigenvalue weighted by molar-refractivity contribution is 9.10. The first-order valence-electron chi connectivity index (χ1n) is 4.21. The van der Waals surface area contributed by atoms with Crippen LogP contribution in [0.2, 0.25) is 5.02 Å². The zero-order valence-electron chi connectivity index (χ0n) is 7.43. The van der Waals surface area contributed by atoms with E-state index in [-0.39, 0.29) is 6.10 Å². The second-order valence-corrected chi connectivity index (χ2v) is 4.52. The summed E-state index contributed by atoms with van der Waals surface area (Å²) < 4.78 is 0.987. The zero-order chi connectivity index (χ0) is 9.84. The van der Waals surface area contributed by atoms with Crippen LogP contribution in [0.5, 0.6) is 0 Å². The summed E-state index contributed by atoms with van der Waals surface area (Å²) in [6, 6.07) is 5.80. The maximum Gasteiger partial charge on any atom is 0.0515 e. The first-order chi connectivity index (χ1) is 6.08. The number of halogens is 2. The lowest BCUT2D eigenvalue weighted by molar-refractivity contribution is 0.185. The van der Waals surface area contributed by atoms with Crippen molar-refractivity contribution >= 4 is 27.5 Å². The van der Waals surface area contributed by atoms with Crippen molar-refractivity contribution in [3.05, 3.63) is 33.3 Å². The second kappa shape index (κ2) is 4.99. The number of hydrogen-bond donors (Lipinski definition) is 1. The quantitative estimate of drug-likeness (QED) is 0.886. The van der Waals surface area contributed by atoms with Crippen molar-refractivity contribution < 1.29 is 5.11 Å². The van der Waals surface area contributed by atoms with Crippen LogP contribution in [0, 0.1) is 0 Å². The maximum atomic E-state index is 9.11. The number of aryl methyl sites for hydroxylation is 1. The van der Waals surface area contributed by atoms with Gasteiger partial charge in [0.05, 0.1) is 6.10 Å². The molecule has 0 amide bonds. The van der Waals surface area contributed by atoms with Crippen LogP contribution in [-0.2, 0) is 6.42 Å². The minimum Gasteiger partial charge on any atom is -0.393 e. The summed E-state index contributed by atoms with van der Waals surface area (Å²) in [5.74, 6) is 0. The van der Waals surface area contributed by atoms with Gasteiger partial charge in [-0.2, -0.15) is 0 Å². The Morgan fingerprint density at radius 3 is 2.69 bits per heavy atom. The molecular formula is C10H12BrClO. The van der Waals surface area contributed by atoms with Crippen LogP contribution >= 0.6 is 27.5 Å². The molecule has 0 aromatic heterocycles. The molecular weight excluding hydrogens is 251 g/mol. The van der Waals surface area contributed by atoms with Gasteiger partial charge in [0, 0.05) is 9.50 Å². The molecule has 0 aliphatic carbocycles. The van der Waals surface area contributed by atoms with Crippen molar-refractivity contribution in [2.24, 2.45) is 0 Å². The van der Waals surface area contributed by atoms with Gasteiger partial charge >= 0.3 is 0 Å². The third-order valence-corrected chi connectivity index (χ3v) is 2.45. The molecule has 13 heavy (non-hydrogen) atoms. The van der Waals surface area contributed by atoms with E-state index in [1.165, 1.54) is 0 Å². The summed E-state index contributed by atoms with van der Waals surface area (Å²) in [6.45, 7) is 1.79. The first kappa shape index (κ1) is 11.0. The van der Waals surface area contributed by atoms with E-state index < -0.39 is 0 Å². The summed E-state index contributed by atoms with van der Waals surface area (Å²) in [5.41, 5.74) is 1.15.